The second kappa shape index (κ2) is 6.09. The van der Waals surface area contributed by atoms with Crippen molar-refractivity contribution in [2.75, 3.05) is 32.8 Å². The van der Waals surface area contributed by atoms with Crippen LogP contribution in [0.3, 0.4) is 0 Å². The van der Waals surface area contributed by atoms with Gasteiger partial charge in [0.1, 0.15) is 5.60 Å². The van der Waals surface area contributed by atoms with Crippen molar-refractivity contribution in [1.29, 1.82) is 0 Å². The first-order valence-electron chi connectivity index (χ1n) is 7.23. The zero-order valence-corrected chi connectivity index (χ0v) is 12.3. The second-order valence-corrected chi connectivity index (χ2v) is 6.55. The molecule has 0 atom stereocenters. The number of ether oxygens (including phenoxy) is 2. The van der Waals surface area contributed by atoms with E-state index in [1.54, 1.807) is 4.90 Å². The Morgan fingerprint density at radius 2 is 1.95 bits per heavy atom. The number of amides is 1. The van der Waals surface area contributed by atoms with Crippen LogP contribution in [0.5, 0.6) is 0 Å². The summed E-state index contributed by atoms with van der Waals surface area (Å²) in [7, 11) is 0. The molecule has 0 aromatic rings. The average molecular weight is 270 g/mol. The fourth-order valence-electron chi connectivity index (χ4n) is 2.37. The lowest BCUT2D eigenvalue weighted by Crippen LogP contribution is -2.61. The largest absolute Gasteiger partial charge is 0.444 e. The van der Waals surface area contributed by atoms with E-state index in [9.17, 15) is 4.79 Å². The number of nitrogens with one attached hydrogen (secondary N) is 1. The van der Waals surface area contributed by atoms with E-state index < -0.39 is 5.60 Å². The van der Waals surface area contributed by atoms with Crippen LogP contribution in [-0.2, 0) is 9.47 Å². The predicted octanol–water partition coefficient (Wildman–Crippen LogP) is 1.62. The summed E-state index contributed by atoms with van der Waals surface area (Å²) in [5, 5.41) is 3.53. The minimum Gasteiger partial charge on any atom is -0.444 e. The van der Waals surface area contributed by atoms with Crippen LogP contribution in [0.15, 0.2) is 0 Å². The van der Waals surface area contributed by atoms with Crippen molar-refractivity contribution in [3.05, 3.63) is 0 Å². The molecular weight excluding hydrogens is 244 g/mol. The van der Waals surface area contributed by atoms with Gasteiger partial charge in [0.15, 0.2) is 0 Å². The molecule has 19 heavy (non-hydrogen) atoms. The van der Waals surface area contributed by atoms with Crippen LogP contribution >= 0.6 is 0 Å². The summed E-state index contributed by atoms with van der Waals surface area (Å²) >= 11 is 0. The summed E-state index contributed by atoms with van der Waals surface area (Å²) in [6.07, 6.45) is 2.10. The molecule has 2 saturated heterocycles. The smallest absolute Gasteiger partial charge is 0.410 e. The van der Waals surface area contributed by atoms with Crippen LogP contribution in [0.2, 0.25) is 0 Å². The summed E-state index contributed by atoms with van der Waals surface area (Å²) in [6.45, 7) is 10.0. The third-order valence-electron chi connectivity index (χ3n) is 3.57. The zero-order chi connectivity index (χ0) is 13.9. The van der Waals surface area contributed by atoms with Gasteiger partial charge in [-0.25, -0.2) is 4.79 Å². The molecule has 0 aliphatic carbocycles. The fourth-order valence-corrected chi connectivity index (χ4v) is 2.37. The zero-order valence-electron chi connectivity index (χ0n) is 12.3. The highest BCUT2D eigenvalue weighted by atomic mass is 16.6. The molecule has 110 valence electrons. The van der Waals surface area contributed by atoms with Gasteiger partial charge in [-0.05, 0) is 46.1 Å². The first kappa shape index (κ1) is 14.6. The molecular formula is C14H26N2O3. The lowest BCUT2D eigenvalue weighted by molar-refractivity contribution is 0.00403. The highest BCUT2D eigenvalue weighted by Crippen LogP contribution is 2.17. The van der Waals surface area contributed by atoms with Gasteiger partial charge in [0, 0.05) is 32.3 Å². The number of hydrogen-bond acceptors (Lipinski definition) is 4. The SMILES string of the molecule is CC(C)(C)OC(=O)N1CC(NCC2CCOCC2)C1. The van der Waals surface area contributed by atoms with Crippen LogP contribution < -0.4 is 5.32 Å². The predicted molar refractivity (Wildman–Crippen MR) is 73.1 cm³/mol. The highest BCUT2D eigenvalue weighted by Gasteiger charge is 2.33. The van der Waals surface area contributed by atoms with E-state index in [4.69, 9.17) is 9.47 Å². The van der Waals surface area contributed by atoms with Crippen molar-refractivity contribution in [1.82, 2.24) is 10.2 Å². The van der Waals surface area contributed by atoms with E-state index in [0.29, 0.717) is 6.04 Å². The molecule has 2 aliphatic rings. The Hall–Kier alpha value is -0.810. The van der Waals surface area contributed by atoms with E-state index in [1.165, 1.54) is 0 Å². The van der Waals surface area contributed by atoms with E-state index in [1.807, 2.05) is 20.8 Å². The molecule has 0 unspecified atom stereocenters. The first-order valence-corrected chi connectivity index (χ1v) is 7.23. The van der Waals surface area contributed by atoms with Gasteiger partial charge in [-0.15, -0.1) is 0 Å². The molecule has 5 nitrogen and oxygen atoms in total. The standard InChI is InChI=1S/C14H26N2O3/c1-14(2,3)19-13(17)16-9-12(10-16)15-8-11-4-6-18-7-5-11/h11-12,15H,4-10H2,1-3H3. The van der Waals surface area contributed by atoms with Gasteiger partial charge >= 0.3 is 6.09 Å². The van der Waals surface area contributed by atoms with Gasteiger partial charge in [-0.2, -0.15) is 0 Å². The van der Waals surface area contributed by atoms with Gasteiger partial charge in [0.2, 0.25) is 0 Å². The van der Waals surface area contributed by atoms with Gasteiger partial charge in [0.05, 0.1) is 0 Å². The molecule has 2 aliphatic heterocycles. The van der Waals surface area contributed by atoms with E-state index in [0.717, 1.165) is 51.6 Å². The monoisotopic (exact) mass is 270 g/mol. The number of likely N-dealkylation sites (tertiary alicyclic amines) is 1. The second-order valence-electron chi connectivity index (χ2n) is 6.55. The van der Waals surface area contributed by atoms with Crippen molar-refractivity contribution in [3.8, 4) is 0 Å². The molecule has 0 saturated carbocycles. The Balaban J connectivity index is 1.59. The van der Waals surface area contributed by atoms with Crippen molar-refractivity contribution >= 4 is 6.09 Å². The van der Waals surface area contributed by atoms with E-state index >= 15 is 0 Å². The van der Waals surface area contributed by atoms with Gasteiger partial charge in [-0.1, -0.05) is 0 Å². The summed E-state index contributed by atoms with van der Waals surface area (Å²) in [5.74, 6) is 0.726. The normalized spacial score (nSPS) is 22.2. The number of hydrogen-bond donors (Lipinski definition) is 1. The van der Waals surface area contributed by atoms with Gasteiger partial charge in [0.25, 0.3) is 0 Å². The minimum atomic E-state index is -0.405. The number of nitrogens with zero attached hydrogens (tertiary/aromatic N) is 1. The molecule has 0 aromatic heterocycles. The average Bonchev–Trinajstić information content (AvgIpc) is 2.25. The molecule has 0 spiro atoms. The minimum absolute atomic E-state index is 0.198. The third-order valence-corrected chi connectivity index (χ3v) is 3.57. The maximum absolute atomic E-state index is 11.8. The molecule has 5 heteroatoms. The number of rotatable bonds is 3. The van der Waals surface area contributed by atoms with Gasteiger partial charge in [-0.3, -0.25) is 0 Å². The van der Waals surface area contributed by atoms with Gasteiger partial charge < -0.3 is 19.7 Å². The maximum atomic E-state index is 11.8. The Kier molecular flexibility index (Phi) is 4.68. The molecule has 0 aromatic carbocycles. The molecule has 1 N–H and O–H groups in total. The first-order chi connectivity index (χ1) is 8.94. The molecule has 0 radical (unpaired) electrons. The van der Waals surface area contributed by atoms with Crippen molar-refractivity contribution in [2.24, 2.45) is 5.92 Å². The molecule has 2 fully saturated rings. The Bertz CT molecular complexity index is 302. The Morgan fingerprint density at radius 3 is 2.53 bits per heavy atom. The quantitative estimate of drug-likeness (QED) is 0.846. The van der Waals surface area contributed by atoms with Crippen molar-refractivity contribution in [3.63, 3.8) is 0 Å². The summed E-state index contributed by atoms with van der Waals surface area (Å²) in [6, 6.07) is 0.426. The van der Waals surface area contributed by atoms with Crippen molar-refractivity contribution in [2.45, 2.75) is 45.3 Å². The Morgan fingerprint density at radius 1 is 1.32 bits per heavy atom. The number of carbonyl (C=O) groups is 1. The summed E-state index contributed by atoms with van der Waals surface area (Å²) in [4.78, 5) is 13.5. The molecule has 2 heterocycles. The van der Waals surface area contributed by atoms with E-state index in [2.05, 4.69) is 5.32 Å². The molecule has 2 rings (SSSR count). The topological polar surface area (TPSA) is 50.8 Å². The fraction of sp³-hybridized carbons (Fsp3) is 0.929. The Labute approximate surface area is 115 Å². The summed E-state index contributed by atoms with van der Waals surface area (Å²) < 4.78 is 10.7. The number of carbonyl (C=O) groups excluding carboxylic acids is 1. The lowest BCUT2D eigenvalue weighted by Gasteiger charge is -2.40. The molecule has 1 amide bonds. The highest BCUT2D eigenvalue weighted by molar-refractivity contribution is 5.69. The summed E-state index contributed by atoms with van der Waals surface area (Å²) in [5.41, 5.74) is -0.405. The molecule has 0 bridgehead atoms. The van der Waals surface area contributed by atoms with Crippen LogP contribution in [0, 0.1) is 5.92 Å². The maximum Gasteiger partial charge on any atom is 0.410 e. The van der Waals surface area contributed by atoms with Crippen LogP contribution in [0.4, 0.5) is 4.79 Å². The van der Waals surface area contributed by atoms with Crippen molar-refractivity contribution < 1.29 is 14.3 Å². The van der Waals surface area contributed by atoms with Crippen LogP contribution in [0.1, 0.15) is 33.6 Å². The third kappa shape index (κ3) is 4.66. The van der Waals surface area contributed by atoms with E-state index in [-0.39, 0.29) is 6.09 Å². The van der Waals surface area contributed by atoms with Crippen LogP contribution in [0.25, 0.3) is 0 Å². The lowest BCUT2D eigenvalue weighted by atomic mass is 9.99. The van der Waals surface area contributed by atoms with Crippen LogP contribution in [-0.4, -0.2) is 55.5 Å².